The topological polar surface area (TPSA) is 42.5 Å². The van der Waals surface area contributed by atoms with Crippen molar-refractivity contribution in [2.45, 2.75) is 71.1 Å². The Kier molecular flexibility index (Phi) is 5.82. The maximum absolute atomic E-state index is 5.88. The summed E-state index contributed by atoms with van der Waals surface area (Å²) in [6.07, 6.45) is 7.58. The van der Waals surface area contributed by atoms with Crippen molar-refractivity contribution in [3.8, 4) is 11.5 Å². The molecule has 2 aliphatic rings. The predicted octanol–water partition coefficient (Wildman–Crippen LogP) is 3.71. The molecule has 1 heterocycles. The molecular formula is C19H28N2O2S. The largest absolute Gasteiger partial charge is 0.494 e. The van der Waals surface area contributed by atoms with E-state index in [1.807, 2.05) is 6.92 Å². The third-order valence-corrected chi connectivity index (χ3v) is 5.02. The van der Waals surface area contributed by atoms with Gasteiger partial charge in [-0.25, -0.2) is 0 Å². The molecule has 0 unspecified atom stereocenters. The van der Waals surface area contributed by atoms with Crippen molar-refractivity contribution in [1.29, 1.82) is 0 Å². The van der Waals surface area contributed by atoms with Gasteiger partial charge in [-0.1, -0.05) is 19.3 Å². The first-order valence-corrected chi connectivity index (χ1v) is 9.56. The number of hydrogen-bond acceptors (Lipinski definition) is 3. The van der Waals surface area contributed by atoms with Gasteiger partial charge in [0.2, 0.25) is 0 Å². The fourth-order valence-corrected chi connectivity index (χ4v) is 3.81. The van der Waals surface area contributed by atoms with E-state index in [1.54, 1.807) is 0 Å². The molecule has 0 spiro atoms. The van der Waals surface area contributed by atoms with Crippen LogP contribution in [0.1, 0.15) is 57.1 Å². The van der Waals surface area contributed by atoms with E-state index in [-0.39, 0.29) is 6.10 Å². The normalized spacial score (nSPS) is 20.2. The maximum atomic E-state index is 5.88. The van der Waals surface area contributed by atoms with E-state index in [0.29, 0.717) is 19.2 Å². The molecule has 5 heteroatoms. The van der Waals surface area contributed by atoms with Crippen LogP contribution in [0.2, 0.25) is 0 Å². The van der Waals surface area contributed by atoms with Gasteiger partial charge >= 0.3 is 0 Å². The van der Waals surface area contributed by atoms with E-state index in [2.05, 4.69) is 29.7 Å². The second-order valence-corrected chi connectivity index (χ2v) is 7.20. The Morgan fingerprint density at radius 3 is 2.83 bits per heavy atom. The number of hydrogen-bond donors (Lipinski definition) is 2. The minimum atomic E-state index is 0.242. The molecule has 2 N–H and O–H groups in total. The average molecular weight is 349 g/mol. The van der Waals surface area contributed by atoms with Gasteiger partial charge in [-0.3, -0.25) is 0 Å². The van der Waals surface area contributed by atoms with Gasteiger partial charge < -0.3 is 20.1 Å². The van der Waals surface area contributed by atoms with Crippen LogP contribution in [0, 0.1) is 0 Å². The Bertz CT molecular complexity index is 585. The molecule has 0 bridgehead atoms. The van der Waals surface area contributed by atoms with Crippen molar-refractivity contribution in [3.05, 3.63) is 23.3 Å². The summed E-state index contributed by atoms with van der Waals surface area (Å²) < 4.78 is 11.7. The molecule has 1 aromatic rings. The standard InChI is InChI=1S/C19H28N2O2S/c1-3-22-17-10-14-9-13(2)23-18(14)11-15(17)12-20-19(24)21-16-7-5-4-6-8-16/h10-11,13,16H,3-9,12H2,1-2H3,(H2,20,21,24)/t13-/m1/s1. The monoisotopic (exact) mass is 348 g/mol. The summed E-state index contributed by atoms with van der Waals surface area (Å²) in [5.41, 5.74) is 2.33. The van der Waals surface area contributed by atoms with Crippen LogP contribution in [0.5, 0.6) is 11.5 Å². The van der Waals surface area contributed by atoms with E-state index in [0.717, 1.165) is 28.6 Å². The Labute approximate surface area is 150 Å². The van der Waals surface area contributed by atoms with Crippen molar-refractivity contribution in [1.82, 2.24) is 10.6 Å². The van der Waals surface area contributed by atoms with Crippen molar-refractivity contribution < 1.29 is 9.47 Å². The Hall–Kier alpha value is -1.49. The van der Waals surface area contributed by atoms with Crippen molar-refractivity contribution in [3.63, 3.8) is 0 Å². The first-order valence-electron chi connectivity index (χ1n) is 9.15. The molecule has 1 atom stereocenters. The number of benzene rings is 1. The first kappa shape index (κ1) is 17.3. The number of nitrogens with one attached hydrogen (secondary N) is 2. The number of ether oxygens (including phenoxy) is 2. The van der Waals surface area contributed by atoms with Crippen LogP contribution in [-0.4, -0.2) is 23.9 Å². The highest BCUT2D eigenvalue weighted by molar-refractivity contribution is 7.80. The van der Waals surface area contributed by atoms with Crippen LogP contribution in [0.15, 0.2) is 12.1 Å². The Morgan fingerprint density at radius 1 is 1.29 bits per heavy atom. The molecule has 1 fully saturated rings. The molecule has 132 valence electrons. The second-order valence-electron chi connectivity index (χ2n) is 6.80. The van der Waals surface area contributed by atoms with Crippen LogP contribution in [0.4, 0.5) is 0 Å². The van der Waals surface area contributed by atoms with Crippen LogP contribution >= 0.6 is 12.2 Å². The number of fused-ring (bicyclic) bond motifs is 1. The predicted molar refractivity (Wildman–Crippen MR) is 101 cm³/mol. The molecule has 0 saturated heterocycles. The summed E-state index contributed by atoms with van der Waals surface area (Å²) in [5, 5.41) is 7.52. The first-order chi connectivity index (χ1) is 11.7. The van der Waals surface area contributed by atoms with Crippen molar-refractivity contribution in [2.24, 2.45) is 0 Å². The zero-order chi connectivity index (χ0) is 16.9. The lowest BCUT2D eigenvalue weighted by Crippen LogP contribution is -2.42. The highest BCUT2D eigenvalue weighted by atomic mass is 32.1. The van der Waals surface area contributed by atoms with Crippen LogP contribution < -0.4 is 20.1 Å². The van der Waals surface area contributed by atoms with Gasteiger partial charge in [0.05, 0.1) is 6.61 Å². The quantitative estimate of drug-likeness (QED) is 0.794. The maximum Gasteiger partial charge on any atom is 0.166 e. The van der Waals surface area contributed by atoms with Gasteiger partial charge in [0, 0.05) is 30.1 Å². The fraction of sp³-hybridized carbons (Fsp3) is 0.632. The lowest BCUT2D eigenvalue weighted by molar-refractivity contribution is 0.254. The molecule has 4 nitrogen and oxygen atoms in total. The molecule has 1 aliphatic heterocycles. The highest BCUT2D eigenvalue weighted by Crippen LogP contribution is 2.35. The highest BCUT2D eigenvalue weighted by Gasteiger charge is 2.22. The minimum absolute atomic E-state index is 0.242. The van der Waals surface area contributed by atoms with Gasteiger partial charge in [0.15, 0.2) is 5.11 Å². The van der Waals surface area contributed by atoms with E-state index < -0.39 is 0 Å². The molecule has 1 aromatic carbocycles. The SMILES string of the molecule is CCOc1cc2c(cc1CNC(=S)NC1CCCCC1)O[C@H](C)C2. The smallest absolute Gasteiger partial charge is 0.166 e. The van der Waals surface area contributed by atoms with Gasteiger partial charge in [-0.2, -0.15) is 0 Å². The minimum Gasteiger partial charge on any atom is -0.494 e. The third-order valence-electron chi connectivity index (χ3n) is 4.76. The van der Waals surface area contributed by atoms with E-state index >= 15 is 0 Å². The number of thiocarbonyl (C=S) groups is 1. The Balaban J connectivity index is 1.61. The van der Waals surface area contributed by atoms with Gasteiger partial charge in [0.1, 0.15) is 17.6 Å². The van der Waals surface area contributed by atoms with Gasteiger partial charge in [-0.05, 0) is 51.0 Å². The average Bonchev–Trinajstić information content (AvgIpc) is 2.93. The van der Waals surface area contributed by atoms with Crippen LogP contribution in [0.25, 0.3) is 0 Å². The van der Waals surface area contributed by atoms with Crippen LogP contribution in [0.3, 0.4) is 0 Å². The molecule has 0 radical (unpaired) electrons. The van der Waals surface area contributed by atoms with E-state index in [1.165, 1.54) is 37.7 Å². The fourth-order valence-electron chi connectivity index (χ4n) is 3.57. The molecule has 0 amide bonds. The zero-order valence-electron chi connectivity index (χ0n) is 14.7. The molecular weight excluding hydrogens is 320 g/mol. The third kappa shape index (κ3) is 4.32. The van der Waals surface area contributed by atoms with E-state index in [4.69, 9.17) is 21.7 Å². The molecule has 1 aliphatic carbocycles. The van der Waals surface area contributed by atoms with Crippen molar-refractivity contribution >= 4 is 17.3 Å². The second kappa shape index (κ2) is 8.06. The molecule has 0 aromatic heterocycles. The molecule has 3 rings (SSSR count). The lowest BCUT2D eigenvalue weighted by Gasteiger charge is -2.24. The summed E-state index contributed by atoms with van der Waals surface area (Å²) in [4.78, 5) is 0. The van der Waals surface area contributed by atoms with Crippen LogP contribution in [-0.2, 0) is 13.0 Å². The lowest BCUT2D eigenvalue weighted by atomic mass is 9.96. The molecule has 24 heavy (non-hydrogen) atoms. The summed E-state index contributed by atoms with van der Waals surface area (Å²) in [5.74, 6) is 1.91. The molecule has 1 saturated carbocycles. The summed E-state index contributed by atoms with van der Waals surface area (Å²) in [6, 6.07) is 4.74. The number of rotatable bonds is 5. The van der Waals surface area contributed by atoms with Gasteiger partial charge in [-0.15, -0.1) is 0 Å². The van der Waals surface area contributed by atoms with Gasteiger partial charge in [0.25, 0.3) is 0 Å². The summed E-state index contributed by atoms with van der Waals surface area (Å²) in [7, 11) is 0. The summed E-state index contributed by atoms with van der Waals surface area (Å²) >= 11 is 5.47. The summed E-state index contributed by atoms with van der Waals surface area (Å²) in [6.45, 7) is 5.42. The Morgan fingerprint density at radius 2 is 2.08 bits per heavy atom. The van der Waals surface area contributed by atoms with Crippen molar-refractivity contribution in [2.75, 3.05) is 6.61 Å². The van der Waals surface area contributed by atoms with E-state index in [9.17, 15) is 0 Å². The zero-order valence-corrected chi connectivity index (χ0v) is 15.5.